The lowest BCUT2D eigenvalue weighted by Gasteiger charge is -2.36. The van der Waals surface area contributed by atoms with Crippen LogP contribution in [0.5, 0.6) is 0 Å². The van der Waals surface area contributed by atoms with E-state index < -0.39 is 0 Å². The minimum Gasteiger partial charge on any atom is -0.309 e. The summed E-state index contributed by atoms with van der Waals surface area (Å²) in [4.78, 5) is 0. The van der Waals surface area contributed by atoms with Crippen molar-refractivity contribution in [3.63, 3.8) is 0 Å². The lowest BCUT2D eigenvalue weighted by atomic mass is 9.73. The van der Waals surface area contributed by atoms with E-state index in [0.717, 1.165) is 12.5 Å². The zero-order chi connectivity index (χ0) is 13.9. The fraction of sp³-hybridized carbons (Fsp3) is 0.667. The topological polar surface area (TPSA) is 12.0 Å². The smallest absolute Gasteiger partial charge is 0.0372 e. The van der Waals surface area contributed by atoms with Crippen LogP contribution in [0.2, 0.25) is 0 Å². The highest BCUT2D eigenvalue weighted by Gasteiger charge is 2.30. The highest BCUT2D eigenvalue weighted by Crippen LogP contribution is 2.42. The molecule has 0 aliphatic heterocycles. The summed E-state index contributed by atoms with van der Waals surface area (Å²) in [5.41, 5.74) is 3.39. The molecular weight excluding hydrogens is 230 g/mol. The van der Waals surface area contributed by atoms with Gasteiger partial charge < -0.3 is 5.32 Å². The van der Waals surface area contributed by atoms with Crippen LogP contribution in [-0.2, 0) is 0 Å². The Morgan fingerprint density at radius 2 is 1.89 bits per heavy atom. The maximum Gasteiger partial charge on any atom is 0.0372 e. The van der Waals surface area contributed by atoms with E-state index in [4.69, 9.17) is 0 Å². The number of benzene rings is 1. The van der Waals surface area contributed by atoms with Gasteiger partial charge in [-0.05, 0) is 48.3 Å². The predicted octanol–water partition coefficient (Wildman–Crippen LogP) is 5.04. The Balaban J connectivity index is 2.29. The highest BCUT2D eigenvalue weighted by atomic mass is 14.9. The second-order valence-corrected chi connectivity index (χ2v) is 7.01. The molecular formula is C18H29N. The fourth-order valence-electron chi connectivity index (χ4n) is 3.04. The van der Waals surface area contributed by atoms with E-state index in [9.17, 15) is 0 Å². The third-order valence-corrected chi connectivity index (χ3v) is 4.32. The second kappa shape index (κ2) is 6.09. The van der Waals surface area contributed by atoms with E-state index in [0.29, 0.717) is 6.04 Å². The van der Waals surface area contributed by atoms with Gasteiger partial charge in [0.25, 0.3) is 0 Å². The Kier molecular flexibility index (Phi) is 4.67. The van der Waals surface area contributed by atoms with E-state index in [1.54, 1.807) is 5.56 Å². The van der Waals surface area contributed by atoms with Gasteiger partial charge in [0.05, 0.1) is 0 Å². The van der Waals surface area contributed by atoms with Gasteiger partial charge in [0.15, 0.2) is 0 Å². The standard InChI is InChI=1S/C18H29N/c1-5-13-19-17(18(2,3)4)16-12-7-6-11-15(16)14-9-8-10-14/h6-7,11-12,14,17,19H,5,8-10,13H2,1-4H3. The molecule has 1 aromatic rings. The Bertz CT molecular complexity index is 398. The van der Waals surface area contributed by atoms with Gasteiger partial charge in [0, 0.05) is 6.04 Å². The normalized spacial score (nSPS) is 18.1. The van der Waals surface area contributed by atoms with Crippen molar-refractivity contribution in [3.8, 4) is 0 Å². The lowest BCUT2D eigenvalue weighted by molar-refractivity contribution is 0.269. The molecule has 1 N–H and O–H groups in total. The second-order valence-electron chi connectivity index (χ2n) is 7.01. The molecule has 0 radical (unpaired) electrons. The van der Waals surface area contributed by atoms with Crippen molar-refractivity contribution in [1.29, 1.82) is 0 Å². The molecule has 106 valence electrons. The predicted molar refractivity (Wildman–Crippen MR) is 83.5 cm³/mol. The molecule has 0 bridgehead atoms. The van der Waals surface area contributed by atoms with Crippen LogP contribution in [0, 0.1) is 5.41 Å². The first kappa shape index (κ1) is 14.6. The van der Waals surface area contributed by atoms with Gasteiger partial charge >= 0.3 is 0 Å². The molecule has 0 saturated heterocycles. The average Bonchev–Trinajstić information content (AvgIpc) is 2.27. The van der Waals surface area contributed by atoms with E-state index >= 15 is 0 Å². The summed E-state index contributed by atoms with van der Waals surface area (Å²) in [6.45, 7) is 10.4. The maximum atomic E-state index is 3.77. The zero-order valence-corrected chi connectivity index (χ0v) is 13.0. The van der Waals surface area contributed by atoms with Gasteiger partial charge in [0.2, 0.25) is 0 Å². The first-order chi connectivity index (χ1) is 9.04. The molecule has 0 heterocycles. The molecule has 1 heteroatoms. The molecule has 1 aromatic carbocycles. The monoisotopic (exact) mass is 259 g/mol. The SMILES string of the molecule is CCCNC(c1ccccc1C1CCC1)C(C)(C)C. The van der Waals surface area contributed by atoms with E-state index in [-0.39, 0.29) is 5.41 Å². The molecule has 1 saturated carbocycles. The van der Waals surface area contributed by atoms with Crippen molar-refractivity contribution in [2.24, 2.45) is 5.41 Å². The van der Waals surface area contributed by atoms with Crippen molar-refractivity contribution in [1.82, 2.24) is 5.32 Å². The number of hydrogen-bond donors (Lipinski definition) is 1. The molecule has 1 nitrogen and oxygen atoms in total. The van der Waals surface area contributed by atoms with Crippen molar-refractivity contribution >= 4 is 0 Å². The van der Waals surface area contributed by atoms with Crippen molar-refractivity contribution in [2.45, 2.75) is 65.3 Å². The number of rotatable bonds is 5. The van der Waals surface area contributed by atoms with E-state index in [2.05, 4.69) is 57.3 Å². The van der Waals surface area contributed by atoms with Crippen molar-refractivity contribution in [2.75, 3.05) is 6.54 Å². The maximum absolute atomic E-state index is 3.77. The van der Waals surface area contributed by atoms with Crippen LogP contribution in [0.4, 0.5) is 0 Å². The molecule has 1 aliphatic rings. The Labute approximate surface area is 118 Å². The first-order valence-corrected chi connectivity index (χ1v) is 7.86. The molecule has 0 amide bonds. The molecule has 1 aliphatic carbocycles. The zero-order valence-electron chi connectivity index (χ0n) is 13.0. The molecule has 1 unspecified atom stereocenters. The van der Waals surface area contributed by atoms with Crippen LogP contribution in [0.1, 0.15) is 76.5 Å². The van der Waals surface area contributed by atoms with Crippen molar-refractivity contribution in [3.05, 3.63) is 35.4 Å². The molecule has 1 atom stereocenters. The first-order valence-electron chi connectivity index (χ1n) is 7.86. The number of hydrogen-bond acceptors (Lipinski definition) is 1. The summed E-state index contributed by atoms with van der Waals surface area (Å²) in [6.07, 6.45) is 5.35. The summed E-state index contributed by atoms with van der Waals surface area (Å²) < 4.78 is 0. The van der Waals surface area contributed by atoms with Crippen molar-refractivity contribution < 1.29 is 0 Å². The molecule has 0 spiro atoms. The minimum atomic E-state index is 0.259. The van der Waals surface area contributed by atoms with Crippen LogP contribution in [0.25, 0.3) is 0 Å². The lowest BCUT2D eigenvalue weighted by Crippen LogP contribution is -2.34. The third kappa shape index (κ3) is 3.39. The van der Waals surface area contributed by atoms with Crippen LogP contribution >= 0.6 is 0 Å². The third-order valence-electron chi connectivity index (χ3n) is 4.32. The van der Waals surface area contributed by atoms with Crippen LogP contribution in [-0.4, -0.2) is 6.54 Å². The summed E-state index contributed by atoms with van der Waals surface area (Å²) in [7, 11) is 0. The van der Waals surface area contributed by atoms with Gasteiger partial charge in [-0.3, -0.25) is 0 Å². The Morgan fingerprint density at radius 1 is 1.21 bits per heavy atom. The average molecular weight is 259 g/mol. The van der Waals surface area contributed by atoms with Crippen LogP contribution in [0.15, 0.2) is 24.3 Å². The molecule has 2 rings (SSSR count). The van der Waals surface area contributed by atoms with Gasteiger partial charge in [0.1, 0.15) is 0 Å². The summed E-state index contributed by atoms with van der Waals surface area (Å²) >= 11 is 0. The van der Waals surface area contributed by atoms with Gasteiger partial charge in [-0.15, -0.1) is 0 Å². The quantitative estimate of drug-likeness (QED) is 0.781. The summed E-state index contributed by atoms with van der Waals surface area (Å²) in [5.74, 6) is 0.810. The summed E-state index contributed by atoms with van der Waals surface area (Å²) in [6, 6.07) is 9.56. The Morgan fingerprint density at radius 3 is 2.42 bits per heavy atom. The van der Waals surface area contributed by atoms with Gasteiger partial charge in [-0.25, -0.2) is 0 Å². The largest absolute Gasteiger partial charge is 0.309 e. The highest BCUT2D eigenvalue weighted by molar-refractivity contribution is 5.35. The van der Waals surface area contributed by atoms with Gasteiger partial charge in [-0.1, -0.05) is 58.4 Å². The molecule has 19 heavy (non-hydrogen) atoms. The fourth-order valence-corrected chi connectivity index (χ4v) is 3.04. The summed E-state index contributed by atoms with van der Waals surface area (Å²) in [5, 5.41) is 3.77. The van der Waals surface area contributed by atoms with Gasteiger partial charge in [-0.2, -0.15) is 0 Å². The minimum absolute atomic E-state index is 0.259. The van der Waals surface area contributed by atoms with E-state index in [1.807, 2.05) is 0 Å². The van der Waals surface area contributed by atoms with Crippen LogP contribution in [0.3, 0.4) is 0 Å². The molecule has 1 fully saturated rings. The number of nitrogens with one attached hydrogen (secondary N) is 1. The van der Waals surface area contributed by atoms with E-state index in [1.165, 1.54) is 31.2 Å². The Hall–Kier alpha value is -0.820. The van der Waals surface area contributed by atoms with Crippen LogP contribution < -0.4 is 5.32 Å². The molecule has 0 aromatic heterocycles.